The Hall–Kier alpha value is -4.33. The van der Waals surface area contributed by atoms with Crippen LogP contribution < -0.4 is 5.32 Å². The standard InChI is InChI=1S/C26H21N5O3/c1-30-14-21(28-24(30)20-4-2-3-16-12-27-10-9-18(16)20)15-5-6-19-17(11-15)13-31(26(19)34)22-7-8-23(32)29-25(22)33/h2-6,9-12,14,22H,7-8,13H2,1H3,(H,29,32,33). The van der Waals surface area contributed by atoms with Gasteiger partial charge in [0.1, 0.15) is 11.9 Å². The van der Waals surface area contributed by atoms with E-state index in [9.17, 15) is 14.4 Å². The van der Waals surface area contributed by atoms with Crippen molar-refractivity contribution in [3.63, 3.8) is 0 Å². The summed E-state index contributed by atoms with van der Waals surface area (Å²) in [5.74, 6) is -0.0333. The summed E-state index contributed by atoms with van der Waals surface area (Å²) in [4.78, 5) is 47.5. The van der Waals surface area contributed by atoms with Gasteiger partial charge in [0.05, 0.1) is 5.69 Å². The van der Waals surface area contributed by atoms with E-state index in [0.29, 0.717) is 18.5 Å². The van der Waals surface area contributed by atoms with Crippen molar-refractivity contribution in [3.05, 3.63) is 72.2 Å². The van der Waals surface area contributed by atoms with Crippen LogP contribution in [0, 0.1) is 0 Å². The number of amides is 3. The van der Waals surface area contributed by atoms with Crippen molar-refractivity contribution in [1.82, 2.24) is 24.8 Å². The van der Waals surface area contributed by atoms with Crippen molar-refractivity contribution in [1.29, 1.82) is 0 Å². The fourth-order valence-corrected chi connectivity index (χ4v) is 4.91. The number of aromatic nitrogens is 3. The third kappa shape index (κ3) is 3.18. The summed E-state index contributed by atoms with van der Waals surface area (Å²) >= 11 is 0. The molecule has 0 bridgehead atoms. The van der Waals surface area contributed by atoms with E-state index in [0.717, 1.165) is 39.0 Å². The van der Waals surface area contributed by atoms with Gasteiger partial charge in [0.2, 0.25) is 11.8 Å². The second-order valence-electron chi connectivity index (χ2n) is 8.73. The van der Waals surface area contributed by atoms with Gasteiger partial charge >= 0.3 is 0 Å². The summed E-state index contributed by atoms with van der Waals surface area (Å²) in [7, 11) is 1.97. The fraction of sp³-hybridized carbons (Fsp3) is 0.192. The molecule has 1 N–H and O–H groups in total. The Morgan fingerprint density at radius 2 is 1.94 bits per heavy atom. The highest BCUT2D eigenvalue weighted by molar-refractivity contribution is 6.05. The predicted molar refractivity (Wildman–Crippen MR) is 125 cm³/mol. The van der Waals surface area contributed by atoms with Crippen LogP contribution in [0.15, 0.2) is 61.1 Å². The number of aryl methyl sites for hydroxylation is 1. The van der Waals surface area contributed by atoms with Gasteiger partial charge in [-0.1, -0.05) is 24.3 Å². The van der Waals surface area contributed by atoms with Crippen LogP contribution in [-0.4, -0.2) is 43.2 Å². The second kappa shape index (κ2) is 7.62. The van der Waals surface area contributed by atoms with E-state index < -0.39 is 11.9 Å². The molecule has 8 nitrogen and oxygen atoms in total. The third-order valence-electron chi connectivity index (χ3n) is 6.62. The molecule has 0 aliphatic carbocycles. The van der Waals surface area contributed by atoms with Gasteiger partial charge < -0.3 is 9.47 Å². The molecular weight excluding hydrogens is 430 g/mol. The summed E-state index contributed by atoms with van der Waals surface area (Å²) < 4.78 is 2.00. The number of benzene rings is 2. The molecule has 2 aliphatic rings. The third-order valence-corrected chi connectivity index (χ3v) is 6.62. The molecule has 6 rings (SSSR count). The average molecular weight is 451 g/mol. The summed E-state index contributed by atoms with van der Waals surface area (Å²) in [6.45, 7) is 0.338. The van der Waals surface area contributed by atoms with Crippen LogP contribution in [0.1, 0.15) is 28.8 Å². The lowest BCUT2D eigenvalue weighted by Crippen LogP contribution is -2.52. The van der Waals surface area contributed by atoms with Crippen LogP contribution in [0.3, 0.4) is 0 Å². The van der Waals surface area contributed by atoms with Crippen LogP contribution in [0.5, 0.6) is 0 Å². The fourth-order valence-electron chi connectivity index (χ4n) is 4.91. The number of nitrogens with one attached hydrogen (secondary N) is 1. The summed E-state index contributed by atoms with van der Waals surface area (Å²) in [5, 5.41) is 4.47. The number of nitrogens with zero attached hydrogens (tertiary/aromatic N) is 4. The first-order chi connectivity index (χ1) is 16.5. The molecule has 0 spiro atoms. The lowest BCUT2D eigenvalue weighted by atomic mass is 10.0. The summed E-state index contributed by atoms with van der Waals surface area (Å²) in [5.41, 5.74) is 4.18. The number of piperidine rings is 1. The number of carbonyl (C=O) groups excluding carboxylic acids is 3. The number of rotatable bonds is 3. The van der Waals surface area contributed by atoms with Gasteiger partial charge in [-0.3, -0.25) is 24.7 Å². The largest absolute Gasteiger partial charge is 0.333 e. The molecule has 4 heterocycles. The summed E-state index contributed by atoms with van der Waals surface area (Å²) in [6.07, 6.45) is 6.19. The molecule has 34 heavy (non-hydrogen) atoms. The monoisotopic (exact) mass is 451 g/mol. The predicted octanol–water partition coefficient (Wildman–Crippen LogP) is 3.06. The zero-order valence-electron chi connectivity index (χ0n) is 18.5. The van der Waals surface area contributed by atoms with Gasteiger partial charge in [-0.25, -0.2) is 4.98 Å². The van der Waals surface area contributed by atoms with Gasteiger partial charge in [0.25, 0.3) is 5.91 Å². The quantitative estimate of drug-likeness (QED) is 0.483. The number of hydrogen-bond acceptors (Lipinski definition) is 5. The normalized spacial score (nSPS) is 17.9. The van der Waals surface area contributed by atoms with E-state index in [1.807, 2.05) is 60.4 Å². The maximum absolute atomic E-state index is 13.0. The number of hydrogen-bond donors (Lipinski definition) is 1. The maximum atomic E-state index is 13.0. The van der Waals surface area contributed by atoms with Crippen molar-refractivity contribution in [2.45, 2.75) is 25.4 Å². The molecule has 1 atom stereocenters. The lowest BCUT2D eigenvalue weighted by molar-refractivity contribution is -0.136. The second-order valence-corrected chi connectivity index (χ2v) is 8.73. The van der Waals surface area contributed by atoms with Crippen molar-refractivity contribution in [2.75, 3.05) is 0 Å². The SMILES string of the molecule is Cn1cc(-c2ccc3c(c2)CN(C2CCC(=O)NC2=O)C3=O)nc1-c1cccc2cnccc12. The molecule has 0 radical (unpaired) electrons. The zero-order valence-corrected chi connectivity index (χ0v) is 18.5. The van der Waals surface area contributed by atoms with Gasteiger partial charge in [-0.2, -0.15) is 0 Å². The van der Waals surface area contributed by atoms with E-state index in [1.54, 1.807) is 17.2 Å². The van der Waals surface area contributed by atoms with Crippen molar-refractivity contribution >= 4 is 28.5 Å². The number of imide groups is 1. The number of imidazole rings is 1. The lowest BCUT2D eigenvalue weighted by Gasteiger charge is -2.29. The van der Waals surface area contributed by atoms with Crippen LogP contribution >= 0.6 is 0 Å². The van der Waals surface area contributed by atoms with Crippen LogP contribution in [0.2, 0.25) is 0 Å². The molecule has 2 aromatic carbocycles. The molecule has 1 fully saturated rings. The van der Waals surface area contributed by atoms with Crippen molar-refractivity contribution in [3.8, 4) is 22.6 Å². The first kappa shape index (κ1) is 20.3. The van der Waals surface area contributed by atoms with E-state index in [-0.39, 0.29) is 18.2 Å². The molecule has 2 aromatic heterocycles. The molecule has 1 saturated heterocycles. The molecule has 1 unspecified atom stereocenters. The average Bonchev–Trinajstić information content (AvgIpc) is 3.38. The topological polar surface area (TPSA) is 97.2 Å². The van der Waals surface area contributed by atoms with Gasteiger partial charge in [-0.05, 0) is 35.6 Å². The highest BCUT2D eigenvalue weighted by atomic mass is 16.2. The molecule has 168 valence electrons. The zero-order chi connectivity index (χ0) is 23.4. The Morgan fingerprint density at radius 1 is 1.06 bits per heavy atom. The van der Waals surface area contributed by atoms with Gasteiger partial charge in [0.15, 0.2) is 0 Å². The number of pyridine rings is 1. The molecule has 8 heteroatoms. The minimum atomic E-state index is -0.622. The smallest absolute Gasteiger partial charge is 0.255 e. The summed E-state index contributed by atoms with van der Waals surface area (Å²) in [6, 6.07) is 13.1. The van der Waals surface area contributed by atoms with E-state index >= 15 is 0 Å². The van der Waals surface area contributed by atoms with Crippen LogP contribution in [0.4, 0.5) is 0 Å². The maximum Gasteiger partial charge on any atom is 0.255 e. The van der Waals surface area contributed by atoms with Gasteiger partial charge in [-0.15, -0.1) is 0 Å². The highest BCUT2D eigenvalue weighted by Crippen LogP contribution is 2.33. The Balaban J connectivity index is 1.33. The highest BCUT2D eigenvalue weighted by Gasteiger charge is 2.39. The Bertz CT molecular complexity index is 1500. The first-order valence-corrected chi connectivity index (χ1v) is 11.1. The Labute approximate surface area is 195 Å². The van der Waals surface area contributed by atoms with E-state index in [2.05, 4.69) is 10.3 Å². The van der Waals surface area contributed by atoms with Crippen LogP contribution in [-0.2, 0) is 23.2 Å². The molecule has 2 aliphatic heterocycles. The molecule has 0 saturated carbocycles. The van der Waals surface area contributed by atoms with Gasteiger partial charge in [0, 0.05) is 60.7 Å². The Morgan fingerprint density at radius 3 is 2.79 bits per heavy atom. The molecular formula is C26H21N5O3. The van der Waals surface area contributed by atoms with Crippen molar-refractivity contribution < 1.29 is 14.4 Å². The number of carbonyl (C=O) groups is 3. The molecule has 4 aromatic rings. The minimum absolute atomic E-state index is 0.179. The minimum Gasteiger partial charge on any atom is -0.333 e. The first-order valence-electron chi connectivity index (χ1n) is 11.1. The van der Waals surface area contributed by atoms with E-state index in [1.165, 1.54) is 0 Å². The number of fused-ring (bicyclic) bond motifs is 2. The van der Waals surface area contributed by atoms with Crippen molar-refractivity contribution in [2.24, 2.45) is 7.05 Å². The Kier molecular flexibility index (Phi) is 4.55. The molecule has 3 amide bonds. The van der Waals surface area contributed by atoms with E-state index in [4.69, 9.17) is 4.98 Å². The van der Waals surface area contributed by atoms with Crippen LogP contribution in [0.25, 0.3) is 33.4 Å².